The van der Waals surface area contributed by atoms with E-state index >= 15 is 0 Å². The van der Waals surface area contributed by atoms with Gasteiger partial charge in [0, 0.05) is 31.5 Å². The molecule has 0 saturated heterocycles. The maximum atomic E-state index is 12.5. The van der Waals surface area contributed by atoms with Crippen LogP contribution in [0.1, 0.15) is 43.4 Å². The summed E-state index contributed by atoms with van der Waals surface area (Å²) in [6.45, 7) is 8.38. The third-order valence-electron chi connectivity index (χ3n) is 4.48. The van der Waals surface area contributed by atoms with E-state index in [1.807, 2.05) is 18.2 Å². The molecule has 0 fully saturated rings. The molecule has 0 saturated carbocycles. The van der Waals surface area contributed by atoms with Gasteiger partial charge in [-0.25, -0.2) is 4.98 Å². The summed E-state index contributed by atoms with van der Waals surface area (Å²) in [5.74, 6) is 1.43. The molecule has 6 heteroatoms. The summed E-state index contributed by atoms with van der Waals surface area (Å²) in [6, 6.07) is 5.80. The highest BCUT2D eigenvalue weighted by Gasteiger charge is 2.24. The molecule has 1 aromatic carbocycles. The second-order valence-electron chi connectivity index (χ2n) is 7.52. The first-order valence-corrected chi connectivity index (χ1v) is 8.83. The van der Waals surface area contributed by atoms with Crippen LogP contribution in [0, 0.1) is 0 Å². The number of nitrogens with one attached hydrogen (secondary N) is 1. The predicted molar refractivity (Wildman–Crippen MR) is 99.4 cm³/mol. The number of ether oxygens (including phenoxy) is 1. The van der Waals surface area contributed by atoms with Gasteiger partial charge in [0.05, 0.1) is 23.4 Å². The first-order valence-electron chi connectivity index (χ1n) is 8.45. The molecule has 5 nitrogen and oxygen atoms in total. The van der Waals surface area contributed by atoms with E-state index in [0.29, 0.717) is 17.3 Å². The second kappa shape index (κ2) is 6.81. The van der Waals surface area contributed by atoms with E-state index in [1.54, 1.807) is 7.11 Å². The minimum Gasteiger partial charge on any atom is -0.495 e. The monoisotopic (exact) mass is 361 g/mol. The van der Waals surface area contributed by atoms with E-state index in [9.17, 15) is 4.79 Å². The van der Waals surface area contributed by atoms with Gasteiger partial charge in [-0.1, -0.05) is 38.4 Å². The highest BCUT2D eigenvalue weighted by atomic mass is 35.5. The van der Waals surface area contributed by atoms with Crippen molar-refractivity contribution in [1.29, 1.82) is 0 Å². The second-order valence-corrected chi connectivity index (χ2v) is 7.93. The molecule has 2 heterocycles. The third kappa shape index (κ3) is 3.88. The molecule has 0 amide bonds. The van der Waals surface area contributed by atoms with E-state index in [1.165, 1.54) is 0 Å². The Balaban J connectivity index is 1.80. The van der Waals surface area contributed by atoms with Crippen LogP contribution in [0.5, 0.6) is 5.75 Å². The zero-order valence-corrected chi connectivity index (χ0v) is 15.9. The number of nitrogens with zero attached hydrogens (tertiary/aromatic N) is 2. The summed E-state index contributed by atoms with van der Waals surface area (Å²) < 4.78 is 5.19. The SMILES string of the molecule is COc1ccc(CN2CCc3nc(C(C)(C)C)[nH]c(=O)c3C2)cc1Cl. The Morgan fingerprint density at radius 1 is 1.36 bits per heavy atom. The van der Waals surface area contributed by atoms with Crippen molar-refractivity contribution in [3.63, 3.8) is 0 Å². The van der Waals surface area contributed by atoms with Crippen LogP contribution in [0.4, 0.5) is 0 Å². The van der Waals surface area contributed by atoms with Crippen LogP contribution in [0.3, 0.4) is 0 Å². The lowest BCUT2D eigenvalue weighted by molar-refractivity contribution is 0.241. The maximum absolute atomic E-state index is 12.5. The van der Waals surface area contributed by atoms with Crippen molar-refractivity contribution in [2.45, 2.75) is 45.7 Å². The van der Waals surface area contributed by atoms with Crippen molar-refractivity contribution in [3.05, 3.63) is 56.2 Å². The Labute approximate surface area is 153 Å². The molecule has 0 radical (unpaired) electrons. The fourth-order valence-electron chi connectivity index (χ4n) is 3.04. The fourth-order valence-corrected chi connectivity index (χ4v) is 3.32. The van der Waals surface area contributed by atoms with Gasteiger partial charge < -0.3 is 9.72 Å². The first kappa shape index (κ1) is 18.0. The number of H-pyrrole nitrogens is 1. The van der Waals surface area contributed by atoms with Crippen molar-refractivity contribution < 1.29 is 4.74 Å². The largest absolute Gasteiger partial charge is 0.495 e. The standard InChI is InChI=1S/C19H24ClN3O2/c1-19(2,3)18-21-15-7-8-23(11-13(15)17(24)22-18)10-12-5-6-16(25-4)14(20)9-12/h5-6,9H,7-8,10-11H2,1-4H3,(H,21,22,24). The van der Waals surface area contributed by atoms with Crippen molar-refractivity contribution in [1.82, 2.24) is 14.9 Å². The van der Waals surface area contributed by atoms with Crippen LogP contribution in [0.25, 0.3) is 0 Å². The van der Waals surface area contributed by atoms with Gasteiger partial charge in [-0.2, -0.15) is 0 Å². The van der Waals surface area contributed by atoms with E-state index in [2.05, 4.69) is 30.7 Å². The Morgan fingerprint density at radius 3 is 2.76 bits per heavy atom. The number of aromatic amines is 1. The van der Waals surface area contributed by atoms with E-state index < -0.39 is 0 Å². The lowest BCUT2D eigenvalue weighted by Crippen LogP contribution is -2.37. The molecular weight excluding hydrogens is 338 g/mol. The Bertz CT molecular complexity index is 840. The highest BCUT2D eigenvalue weighted by Crippen LogP contribution is 2.26. The van der Waals surface area contributed by atoms with Crippen LogP contribution in [-0.4, -0.2) is 28.5 Å². The summed E-state index contributed by atoms with van der Waals surface area (Å²) in [5, 5.41) is 0.603. The molecule has 2 aromatic rings. The highest BCUT2D eigenvalue weighted by molar-refractivity contribution is 6.32. The number of methoxy groups -OCH3 is 1. The van der Waals surface area contributed by atoms with Gasteiger partial charge in [0.25, 0.3) is 5.56 Å². The number of hydrogen-bond acceptors (Lipinski definition) is 4. The van der Waals surface area contributed by atoms with Gasteiger partial charge in [-0.3, -0.25) is 9.69 Å². The zero-order chi connectivity index (χ0) is 18.2. The van der Waals surface area contributed by atoms with Crippen LogP contribution in [0.15, 0.2) is 23.0 Å². The molecule has 0 aliphatic carbocycles. The number of fused-ring (bicyclic) bond motifs is 1. The predicted octanol–water partition coefficient (Wildman–Crippen LogP) is 3.29. The zero-order valence-electron chi connectivity index (χ0n) is 15.1. The minimum absolute atomic E-state index is 0.0209. The minimum atomic E-state index is -0.162. The molecular formula is C19H24ClN3O2. The van der Waals surface area contributed by atoms with Gasteiger partial charge in [0.1, 0.15) is 11.6 Å². The number of halogens is 1. The topological polar surface area (TPSA) is 58.2 Å². The molecule has 1 N–H and O–H groups in total. The van der Waals surface area contributed by atoms with E-state index in [4.69, 9.17) is 21.3 Å². The van der Waals surface area contributed by atoms with Crippen molar-refractivity contribution in [2.24, 2.45) is 0 Å². The van der Waals surface area contributed by atoms with Crippen LogP contribution >= 0.6 is 11.6 Å². The van der Waals surface area contributed by atoms with Crippen molar-refractivity contribution in [2.75, 3.05) is 13.7 Å². The summed E-state index contributed by atoms with van der Waals surface area (Å²) >= 11 is 6.21. The number of aromatic nitrogens is 2. The van der Waals surface area contributed by atoms with Crippen molar-refractivity contribution in [3.8, 4) is 5.75 Å². The molecule has 3 rings (SSSR count). The van der Waals surface area contributed by atoms with Gasteiger partial charge in [-0.05, 0) is 17.7 Å². The molecule has 134 valence electrons. The van der Waals surface area contributed by atoms with Gasteiger partial charge in [0.15, 0.2) is 0 Å². The van der Waals surface area contributed by atoms with Crippen molar-refractivity contribution >= 4 is 11.6 Å². The van der Waals surface area contributed by atoms with Crippen LogP contribution < -0.4 is 10.3 Å². The summed E-state index contributed by atoms with van der Waals surface area (Å²) in [7, 11) is 1.60. The molecule has 0 spiro atoms. The fraction of sp³-hybridized carbons (Fsp3) is 0.474. The normalized spacial score (nSPS) is 15.1. The lowest BCUT2D eigenvalue weighted by atomic mass is 9.95. The molecule has 0 bridgehead atoms. The Kier molecular flexibility index (Phi) is 4.89. The first-order chi connectivity index (χ1) is 11.8. The average Bonchev–Trinajstić information content (AvgIpc) is 2.54. The molecule has 0 atom stereocenters. The Hall–Kier alpha value is -1.85. The summed E-state index contributed by atoms with van der Waals surface area (Å²) in [6.07, 6.45) is 0.784. The van der Waals surface area contributed by atoms with Gasteiger partial charge in [-0.15, -0.1) is 0 Å². The smallest absolute Gasteiger partial charge is 0.255 e. The van der Waals surface area contributed by atoms with E-state index in [-0.39, 0.29) is 11.0 Å². The molecule has 25 heavy (non-hydrogen) atoms. The number of benzene rings is 1. The Morgan fingerprint density at radius 2 is 2.12 bits per heavy atom. The number of rotatable bonds is 3. The maximum Gasteiger partial charge on any atom is 0.255 e. The molecule has 1 aliphatic heterocycles. The molecule has 1 aromatic heterocycles. The molecule has 0 unspecified atom stereocenters. The quantitative estimate of drug-likeness (QED) is 0.911. The summed E-state index contributed by atoms with van der Waals surface area (Å²) in [4.78, 5) is 22.4. The van der Waals surface area contributed by atoms with Crippen LogP contribution in [0.2, 0.25) is 5.02 Å². The van der Waals surface area contributed by atoms with Crippen LogP contribution in [-0.2, 0) is 24.9 Å². The van der Waals surface area contributed by atoms with Gasteiger partial charge in [0.2, 0.25) is 0 Å². The van der Waals surface area contributed by atoms with Gasteiger partial charge >= 0.3 is 0 Å². The molecule has 1 aliphatic rings. The van der Waals surface area contributed by atoms with E-state index in [0.717, 1.165) is 42.2 Å². The summed E-state index contributed by atoms with van der Waals surface area (Å²) in [5.41, 5.74) is 2.62. The third-order valence-corrected chi connectivity index (χ3v) is 4.78. The lowest BCUT2D eigenvalue weighted by Gasteiger charge is -2.29. The average molecular weight is 362 g/mol. The number of hydrogen-bond donors (Lipinski definition) is 1.